The molecule has 1 aliphatic rings. The van der Waals surface area contributed by atoms with Crippen molar-refractivity contribution in [3.8, 4) is 0 Å². The molecule has 1 aliphatic heterocycles. The number of hydrogen-bond donors (Lipinski definition) is 0. The van der Waals surface area contributed by atoms with Gasteiger partial charge in [-0.25, -0.2) is 14.5 Å². The first-order valence-electron chi connectivity index (χ1n) is 5.21. The molecule has 5 nitrogen and oxygen atoms in total. The SMILES string of the molecule is CN1C(=O)N(C)P(C[Si](C)(C)C)N(C)C1=O. The molecular formula is C9H20N3O2PSi. The largest absolute Gasteiger partial charge is 0.332 e. The summed E-state index contributed by atoms with van der Waals surface area (Å²) in [4.78, 5) is 24.8. The van der Waals surface area contributed by atoms with Crippen LogP contribution in [0.3, 0.4) is 0 Å². The number of urea groups is 2. The van der Waals surface area contributed by atoms with Gasteiger partial charge in [0.2, 0.25) is 0 Å². The molecule has 1 saturated heterocycles. The van der Waals surface area contributed by atoms with Gasteiger partial charge in [-0.05, 0) is 0 Å². The van der Waals surface area contributed by atoms with Crippen molar-refractivity contribution in [1.29, 1.82) is 0 Å². The first kappa shape index (κ1) is 13.5. The van der Waals surface area contributed by atoms with Crippen molar-refractivity contribution in [2.45, 2.75) is 19.6 Å². The van der Waals surface area contributed by atoms with Crippen molar-refractivity contribution < 1.29 is 9.59 Å². The highest BCUT2D eigenvalue weighted by atomic mass is 31.1. The van der Waals surface area contributed by atoms with Gasteiger partial charge in [0.25, 0.3) is 0 Å². The molecule has 0 atom stereocenters. The Labute approximate surface area is 99.2 Å². The molecule has 0 saturated carbocycles. The second-order valence-corrected chi connectivity index (χ2v) is 13.6. The molecule has 0 bridgehead atoms. The van der Waals surface area contributed by atoms with Crippen LogP contribution in [0.5, 0.6) is 0 Å². The Morgan fingerprint density at radius 1 is 1.00 bits per heavy atom. The highest BCUT2D eigenvalue weighted by molar-refractivity contribution is 7.57. The van der Waals surface area contributed by atoms with Gasteiger partial charge in [0.05, 0.1) is 16.3 Å². The molecule has 4 amide bonds. The van der Waals surface area contributed by atoms with Crippen LogP contribution in [0.25, 0.3) is 0 Å². The first-order chi connectivity index (χ1) is 7.15. The van der Waals surface area contributed by atoms with Crippen LogP contribution in [0.15, 0.2) is 0 Å². The van der Waals surface area contributed by atoms with E-state index in [-0.39, 0.29) is 12.1 Å². The van der Waals surface area contributed by atoms with Gasteiger partial charge in [-0.15, -0.1) is 0 Å². The summed E-state index contributed by atoms with van der Waals surface area (Å²) in [7, 11) is 3.01. The summed E-state index contributed by atoms with van der Waals surface area (Å²) < 4.78 is 3.43. The van der Waals surface area contributed by atoms with E-state index < -0.39 is 16.3 Å². The van der Waals surface area contributed by atoms with Crippen LogP contribution in [0.4, 0.5) is 9.59 Å². The average Bonchev–Trinajstić information content (AvgIpc) is 2.17. The third-order valence-corrected chi connectivity index (χ3v) is 9.09. The molecule has 1 fully saturated rings. The van der Waals surface area contributed by atoms with Gasteiger partial charge in [-0.2, -0.15) is 0 Å². The third-order valence-electron chi connectivity index (χ3n) is 2.44. The summed E-state index contributed by atoms with van der Waals surface area (Å²) in [5.41, 5.74) is 0. The zero-order valence-electron chi connectivity index (χ0n) is 10.8. The predicted molar refractivity (Wildman–Crippen MR) is 69.2 cm³/mol. The van der Waals surface area contributed by atoms with Crippen molar-refractivity contribution in [1.82, 2.24) is 14.2 Å². The fourth-order valence-corrected chi connectivity index (χ4v) is 7.71. The lowest BCUT2D eigenvalue weighted by Crippen LogP contribution is -2.53. The molecule has 0 N–H and O–H groups in total. The van der Waals surface area contributed by atoms with Crippen molar-refractivity contribution >= 4 is 28.4 Å². The summed E-state index contributed by atoms with van der Waals surface area (Å²) in [6, 6.07) is -0.375. The van der Waals surface area contributed by atoms with Gasteiger partial charge < -0.3 is 0 Å². The minimum Gasteiger partial charge on any atom is -0.289 e. The maximum absolute atomic E-state index is 11.8. The van der Waals surface area contributed by atoms with E-state index in [1.807, 2.05) is 0 Å². The summed E-state index contributed by atoms with van der Waals surface area (Å²) in [5.74, 6) is 0.973. The zero-order valence-corrected chi connectivity index (χ0v) is 12.7. The van der Waals surface area contributed by atoms with Crippen LogP contribution in [0.2, 0.25) is 19.6 Å². The molecule has 0 aromatic rings. The van der Waals surface area contributed by atoms with Gasteiger partial charge in [-0.1, -0.05) is 19.6 Å². The molecule has 1 heterocycles. The van der Waals surface area contributed by atoms with E-state index in [2.05, 4.69) is 19.6 Å². The van der Waals surface area contributed by atoms with Crippen LogP contribution < -0.4 is 0 Å². The summed E-state index contributed by atoms with van der Waals surface area (Å²) in [6.07, 6.45) is 0. The lowest BCUT2D eigenvalue weighted by atomic mass is 10.7. The summed E-state index contributed by atoms with van der Waals surface area (Å²) >= 11 is 0. The van der Waals surface area contributed by atoms with E-state index >= 15 is 0 Å². The van der Waals surface area contributed by atoms with Crippen LogP contribution in [0.1, 0.15) is 0 Å². The Balaban J connectivity index is 2.91. The molecule has 16 heavy (non-hydrogen) atoms. The fraction of sp³-hybridized carbons (Fsp3) is 0.778. The molecular weight excluding hydrogens is 241 g/mol. The molecule has 1 rings (SSSR count). The number of hydrogen-bond acceptors (Lipinski definition) is 2. The average molecular weight is 261 g/mol. The van der Waals surface area contributed by atoms with Gasteiger partial charge >= 0.3 is 12.1 Å². The number of rotatable bonds is 2. The molecule has 7 heteroatoms. The second kappa shape index (κ2) is 4.34. The standard InChI is InChI=1S/C9H20N3O2PSi/c1-10-8(13)11(2)15(7-16(4,5)6)12(3)9(10)14/h7H2,1-6H3. The van der Waals surface area contributed by atoms with Crippen molar-refractivity contribution in [2.75, 3.05) is 26.9 Å². The smallest absolute Gasteiger partial charge is 0.289 e. The maximum Gasteiger partial charge on any atom is 0.332 e. The summed E-state index contributed by atoms with van der Waals surface area (Å²) in [6.45, 7) is 6.76. The van der Waals surface area contributed by atoms with Crippen LogP contribution in [0, 0.1) is 0 Å². The van der Waals surface area contributed by atoms with E-state index in [0.717, 1.165) is 5.79 Å². The van der Waals surface area contributed by atoms with Crippen molar-refractivity contribution in [2.24, 2.45) is 0 Å². The zero-order chi connectivity index (χ0) is 12.7. The Kier molecular flexibility index (Phi) is 3.64. The van der Waals surface area contributed by atoms with Crippen LogP contribution in [-0.4, -0.2) is 61.3 Å². The van der Waals surface area contributed by atoms with E-state index in [1.54, 1.807) is 23.4 Å². The molecule has 0 aromatic heterocycles. The van der Waals surface area contributed by atoms with Gasteiger partial charge in [0.15, 0.2) is 0 Å². The van der Waals surface area contributed by atoms with Crippen LogP contribution in [-0.2, 0) is 0 Å². The highest BCUT2D eigenvalue weighted by Gasteiger charge is 2.40. The molecule has 0 spiro atoms. The highest BCUT2D eigenvalue weighted by Crippen LogP contribution is 2.47. The third kappa shape index (κ3) is 2.55. The number of imide groups is 1. The van der Waals surface area contributed by atoms with Gasteiger partial charge in [0, 0.05) is 26.9 Å². The summed E-state index contributed by atoms with van der Waals surface area (Å²) in [5, 5.41) is 0. The van der Waals surface area contributed by atoms with Gasteiger partial charge in [0.1, 0.15) is 0 Å². The lowest BCUT2D eigenvalue weighted by molar-refractivity contribution is 0.168. The van der Waals surface area contributed by atoms with Crippen molar-refractivity contribution in [3.63, 3.8) is 0 Å². The van der Waals surface area contributed by atoms with Crippen molar-refractivity contribution in [3.05, 3.63) is 0 Å². The first-order valence-corrected chi connectivity index (χ1v) is 10.4. The van der Waals surface area contributed by atoms with Crippen LogP contribution >= 0.6 is 8.22 Å². The molecule has 0 aromatic carbocycles. The second-order valence-electron chi connectivity index (χ2n) is 5.26. The molecule has 92 valence electrons. The Bertz CT molecular complexity index is 296. The van der Waals surface area contributed by atoms with E-state index in [0.29, 0.717) is 0 Å². The lowest BCUT2D eigenvalue weighted by Gasteiger charge is -2.44. The quantitative estimate of drug-likeness (QED) is 0.565. The number of amides is 4. The minimum absolute atomic E-state index is 0.188. The fourth-order valence-electron chi connectivity index (χ4n) is 1.55. The van der Waals surface area contributed by atoms with E-state index in [4.69, 9.17) is 0 Å². The van der Waals surface area contributed by atoms with Gasteiger partial charge in [-0.3, -0.25) is 9.34 Å². The number of carbonyl (C=O) groups is 2. The Morgan fingerprint density at radius 2 is 1.38 bits per heavy atom. The number of carbonyl (C=O) groups excluding carboxylic acids is 2. The molecule has 0 aliphatic carbocycles. The molecule has 0 unspecified atom stereocenters. The Hall–Kier alpha value is -0.613. The van der Waals surface area contributed by atoms with E-state index in [1.165, 1.54) is 11.9 Å². The maximum atomic E-state index is 11.8. The Morgan fingerprint density at radius 3 is 1.69 bits per heavy atom. The monoisotopic (exact) mass is 261 g/mol. The predicted octanol–water partition coefficient (Wildman–Crippen LogP) is 2.22. The number of nitrogens with zero attached hydrogens (tertiary/aromatic N) is 3. The normalized spacial score (nSPS) is 19.8. The van der Waals surface area contributed by atoms with E-state index in [9.17, 15) is 9.59 Å². The molecule has 0 radical (unpaired) electrons. The minimum atomic E-state index is -1.29. The topological polar surface area (TPSA) is 43.9 Å².